The summed E-state index contributed by atoms with van der Waals surface area (Å²) in [6.07, 6.45) is 0. The van der Waals surface area contributed by atoms with Crippen LogP contribution >= 0.6 is 11.3 Å². The van der Waals surface area contributed by atoms with E-state index in [0.29, 0.717) is 18.0 Å². The molecule has 2 aromatic rings. The van der Waals surface area contributed by atoms with Crippen LogP contribution < -0.4 is 14.8 Å². The molecule has 0 saturated heterocycles. The minimum Gasteiger partial charge on any atom is -0.497 e. The highest BCUT2D eigenvalue weighted by Crippen LogP contribution is 2.27. The van der Waals surface area contributed by atoms with Crippen LogP contribution in [0.3, 0.4) is 0 Å². The average molecular weight is 312 g/mol. The molecule has 5 nitrogen and oxygen atoms in total. The summed E-state index contributed by atoms with van der Waals surface area (Å²) in [6, 6.07) is 8.46. The number of nitrogens with two attached hydrogens (primary N) is 1. The summed E-state index contributed by atoms with van der Waals surface area (Å²) < 4.78 is 31.6. The third-order valence-corrected chi connectivity index (χ3v) is 6.17. The van der Waals surface area contributed by atoms with Crippen molar-refractivity contribution in [2.45, 2.75) is 10.8 Å². The van der Waals surface area contributed by atoms with Gasteiger partial charge in [0, 0.05) is 13.6 Å². The number of hydrogen-bond donors (Lipinski definition) is 1. The summed E-state index contributed by atoms with van der Waals surface area (Å²) >= 11 is 1.18. The third kappa shape index (κ3) is 2.79. The van der Waals surface area contributed by atoms with Gasteiger partial charge in [0.1, 0.15) is 9.96 Å². The highest BCUT2D eigenvalue weighted by Gasteiger charge is 2.23. The van der Waals surface area contributed by atoms with E-state index < -0.39 is 10.0 Å². The number of hydrogen-bond acceptors (Lipinski definition) is 5. The van der Waals surface area contributed by atoms with Crippen molar-refractivity contribution in [3.8, 4) is 5.75 Å². The van der Waals surface area contributed by atoms with Crippen LogP contribution in [-0.2, 0) is 16.6 Å². The largest absolute Gasteiger partial charge is 0.497 e. The van der Waals surface area contributed by atoms with Crippen LogP contribution in [0.4, 0.5) is 5.69 Å². The van der Waals surface area contributed by atoms with Gasteiger partial charge in [-0.3, -0.25) is 4.31 Å². The van der Waals surface area contributed by atoms with E-state index in [1.165, 1.54) is 22.7 Å². The molecule has 0 aliphatic rings. The van der Waals surface area contributed by atoms with Gasteiger partial charge in [0.25, 0.3) is 10.0 Å². The molecule has 1 aromatic carbocycles. The lowest BCUT2D eigenvalue weighted by Gasteiger charge is -2.18. The highest BCUT2D eigenvalue weighted by atomic mass is 32.2. The Morgan fingerprint density at radius 2 is 1.95 bits per heavy atom. The monoisotopic (exact) mass is 312 g/mol. The Hall–Kier alpha value is -1.57. The van der Waals surface area contributed by atoms with Gasteiger partial charge in [-0.25, -0.2) is 8.42 Å². The molecule has 2 rings (SSSR count). The van der Waals surface area contributed by atoms with Crippen molar-refractivity contribution in [3.05, 3.63) is 41.3 Å². The van der Waals surface area contributed by atoms with Crippen molar-refractivity contribution < 1.29 is 13.2 Å². The first-order valence-corrected chi connectivity index (χ1v) is 8.21. The van der Waals surface area contributed by atoms with Crippen molar-refractivity contribution >= 4 is 27.0 Å². The zero-order chi connectivity index (χ0) is 14.8. The molecular weight excluding hydrogens is 296 g/mol. The molecule has 0 bridgehead atoms. The second-order valence-electron chi connectivity index (χ2n) is 4.15. The quantitative estimate of drug-likeness (QED) is 0.917. The number of thiophene rings is 1. The first kappa shape index (κ1) is 14.8. The van der Waals surface area contributed by atoms with Crippen molar-refractivity contribution in [1.29, 1.82) is 0 Å². The number of methoxy groups -OCH3 is 1. The van der Waals surface area contributed by atoms with E-state index in [0.717, 1.165) is 5.56 Å². The van der Waals surface area contributed by atoms with Crippen LogP contribution in [0.5, 0.6) is 5.75 Å². The first-order valence-electron chi connectivity index (χ1n) is 5.89. The molecule has 0 unspecified atom stereocenters. The molecule has 0 saturated carbocycles. The van der Waals surface area contributed by atoms with Crippen LogP contribution in [0.25, 0.3) is 0 Å². The Morgan fingerprint density at radius 3 is 2.45 bits per heavy atom. The van der Waals surface area contributed by atoms with Crippen LogP contribution in [0.15, 0.2) is 39.9 Å². The van der Waals surface area contributed by atoms with Crippen molar-refractivity contribution in [3.63, 3.8) is 0 Å². The summed E-state index contributed by atoms with van der Waals surface area (Å²) in [6.45, 7) is 0.332. The van der Waals surface area contributed by atoms with Crippen LogP contribution in [0.2, 0.25) is 0 Å². The fraction of sp³-hybridized carbons (Fsp3) is 0.231. The Morgan fingerprint density at radius 1 is 1.30 bits per heavy atom. The summed E-state index contributed by atoms with van der Waals surface area (Å²) in [5.41, 5.74) is 6.90. The van der Waals surface area contributed by atoms with Gasteiger partial charge in [-0.2, -0.15) is 0 Å². The zero-order valence-corrected chi connectivity index (χ0v) is 12.9. The fourth-order valence-electron chi connectivity index (χ4n) is 1.66. The van der Waals surface area contributed by atoms with Crippen molar-refractivity contribution in [2.24, 2.45) is 5.73 Å². The topological polar surface area (TPSA) is 72.6 Å². The molecule has 0 aliphatic carbocycles. The maximum Gasteiger partial charge on any atom is 0.273 e. The van der Waals surface area contributed by atoms with E-state index in [-0.39, 0.29) is 4.21 Å². The molecule has 108 valence electrons. The molecule has 0 fully saturated rings. The molecule has 0 radical (unpaired) electrons. The van der Waals surface area contributed by atoms with Crippen molar-refractivity contribution in [2.75, 3.05) is 18.5 Å². The van der Waals surface area contributed by atoms with E-state index in [1.807, 2.05) is 0 Å². The summed E-state index contributed by atoms with van der Waals surface area (Å²) in [5.74, 6) is 0.682. The SMILES string of the molecule is COc1ccc(N(C)S(=O)(=O)c2cc(CN)cs2)cc1. The molecule has 7 heteroatoms. The lowest BCUT2D eigenvalue weighted by Crippen LogP contribution is -2.25. The Kier molecular flexibility index (Phi) is 4.32. The maximum absolute atomic E-state index is 12.5. The summed E-state index contributed by atoms with van der Waals surface area (Å²) in [5, 5.41) is 1.76. The number of sulfonamides is 1. The standard InChI is InChI=1S/C13H16N2O3S2/c1-15(11-3-5-12(18-2)6-4-11)20(16,17)13-7-10(8-14)9-19-13/h3-7,9H,8,14H2,1-2H3. The van der Waals surface area contributed by atoms with Crippen LogP contribution in [0, 0.1) is 0 Å². The van der Waals surface area contributed by atoms with Gasteiger partial charge >= 0.3 is 0 Å². The lowest BCUT2D eigenvalue weighted by molar-refractivity contribution is 0.415. The van der Waals surface area contributed by atoms with Gasteiger partial charge in [0.05, 0.1) is 12.8 Å². The number of rotatable bonds is 5. The number of nitrogens with zero attached hydrogens (tertiary/aromatic N) is 1. The van der Waals surface area contributed by atoms with Crippen molar-refractivity contribution in [1.82, 2.24) is 0 Å². The van der Waals surface area contributed by atoms with E-state index >= 15 is 0 Å². The van der Waals surface area contributed by atoms with Gasteiger partial charge in [0.2, 0.25) is 0 Å². The lowest BCUT2D eigenvalue weighted by atomic mass is 10.3. The molecule has 20 heavy (non-hydrogen) atoms. The van der Waals surface area contributed by atoms with Gasteiger partial charge in [-0.05, 0) is 41.3 Å². The second kappa shape index (κ2) is 5.82. The molecule has 0 spiro atoms. The Labute approximate surface area is 122 Å². The van der Waals surface area contributed by atoms with E-state index in [9.17, 15) is 8.42 Å². The smallest absolute Gasteiger partial charge is 0.273 e. The predicted molar refractivity (Wildman–Crippen MR) is 80.8 cm³/mol. The molecular formula is C13H16N2O3S2. The van der Waals surface area contributed by atoms with Gasteiger partial charge in [-0.1, -0.05) is 0 Å². The maximum atomic E-state index is 12.5. The zero-order valence-electron chi connectivity index (χ0n) is 11.2. The van der Waals surface area contributed by atoms with Crippen LogP contribution in [-0.4, -0.2) is 22.6 Å². The van der Waals surface area contributed by atoms with Gasteiger partial charge in [-0.15, -0.1) is 11.3 Å². The van der Waals surface area contributed by atoms with Gasteiger partial charge < -0.3 is 10.5 Å². The predicted octanol–water partition coefficient (Wildman–Crippen LogP) is 2.04. The minimum absolute atomic E-state index is 0.288. The molecule has 2 N–H and O–H groups in total. The Balaban J connectivity index is 2.32. The van der Waals surface area contributed by atoms with Crippen LogP contribution in [0.1, 0.15) is 5.56 Å². The number of benzene rings is 1. The van der Waals surface area contributed by atoms with E-state index in [1.54, 1.807) is 42.8 Å². The Bertz CT molecular complexity index is 678. The van der Waals surface area contributed by atoms with E-state index in [2.05, 4.69) is 0 Å². The summed E-state index contributed by atoms with van der Waals surface area (Å²) in [4.78, 5) is 0. The molecule has 0 atom stereocenters. The fourth-order valence-corrected chi connectivity index (χ4v) is 4.25. The molecule has 1 heterocycles. The normalized spacial score (nSPS) is 11.3. The molecule has 0 amide bonds. The summed E-state index contributed by atoms with van der Waals surface area (Å²) in [7, 11) is -0.454. The third-order valence-electron chi connectivity index (χ3n) is 2.92. The minimum atomic E-state index is -3.55. The number of anilines is 1. The number of ether oxygens (including phenoxy) is 1. The molecule has 0 aliphatic heterocycles. The average Bonchev–Trinajstić information content (AvgIpc) is 2.96. The highest BCUT2D eigenvalue weighted by molar-refractivity contribution is 7.94. The second-order valence-corrected chi connectivity index (χ2v) is 7.26. The van der Waals surface area contributed by atoms with E-state index in [4.69, 9.17) is 10.5 Å². The first-order chi connectivity index (χ1) is 9.48. The van der Waals surface area contributed by atoms with Gasteiger partial charge in [0.15, 0.2) is 0 Å². The molecule has 1 aromatic heterocycles.